The highest BCUT2D eigenvalue weighted by atomic mass is 15.1. The van der Waals surface area contributed by atoms with Gasteiger partial charge in [-0.1, -0.05) is 26.2 Å². The van der Waals surface area contributed by atoms with Crippen molar-refractivity contribution in [2.45, 2.75) is 64.3 Å². The fraction of sp³-hybridized carbons (Fsp3) is 1.00. The normalized spacial score (nSPS) is 31.7. The van der Waals surface area contributed by atoms with Crippen LogP contribution < -0.4 is 5.32 Å². The molecule has 2 fully saturated rings. The first-order valence-corrected chi connectivity index (χ1v) is 8.19. The van der Waals surface area contributed by atoms with Crippen LogP contribution in [0.1, 0.15) is 58.3 Å². The van der Waals surface area contributed by atoms with E-state index in [1.54, 1.807) is 0 Å². The third-order valence-electron chi connectivity index (χ3n) is 5.18. The Morgan fingerprint density at radius 2 is 1.83 bits per heavy atom. The number of nitrogens with zero attached hydrogens (tertiary/aromatic N) is 1. The zero-order valence-corrected chi connectivity index (χ0v) is 12.5. The van der Waals surface area contributed by atoms with E-state index in [0.29, 0.717) is 0 Å². The van der Waals surface area contributed by atoms with Crippen LogP contribution in [0.25, 0.3) is 0 Å². The first kappa shape index (κ1) is 14.3. The SMILES string of the molecule is CCC1CCCC(NCCC2CCN(C)CC2)C1. The van der Waals surface area contributed by atoms with E-state index in [0.717, 1.165) is 17.9 Å². The van der Waals surface area contributed by atoms with Gasteiger partial charge in [-0.25, -0.2) is 0 Å². The van der Waals surface area contributed by atoms with Crippen molar-refractivity contribution in [3.05, 3.63) is 0 Å². The van der Waals surface area contributed by atoms with Gasteiger partial charge in [0, 0.05) is 6.04 Å². The molecule has 2 unspecified atom stereocenters. The standard InChI is InChI=1S/C16H32N2/c1-3-14-5-4-6-16(13-14)17-10-7-15-8-11-18(2)12-9-15/h14-17H,3-13H2,1-2H3. The molecule has 2 aliphatic rings. The molecule has 0 aromatic carbocycles. The van der Waals surface area contributed by atoms with Crippen molar-refractivity contribution in [2.24, 2.45) is 11.8 Å². The van der Waals surface area contributed by atoms with Crippen LogP contribution in [0.15, 0.2) is 0 Å². The van der Waals surface area contributed by atoms with Gasteiger partial charge in [0.15, 0.2) is 0 Å². The number of piperidine rings is 1. The van der Waals surface area contributed by atoms with Crippen LogP contribution in [0, 0.1) is 11.8 Å². The molecular weight excluding hydrogens is 220 g/mol. The van der Waals surface area contributed by atoms with Gasteiger partial charge in [0.25, 0.3) is 0 Å². The predicted molar refractivity (Wildman–Crippen MR) is 78.9 cm³/mol. The summed E-state index contributed by atoms with van der Waals surface area (Å²) >= 11 is 0. The van der Waals surface area contributed by atoms with E-state index in [9.17, 15) is 0 Å². The summed E-state index contributed by atoms with van der Waals surface area (Å²) in [5.41, 5.74) is 0. The Bertz CT molecular complexity index is 221. The smallest absolute Gasteiger partial charge is 0.00697 e. The summed E-state index contributed by atoms with van der Waals surface area (Å²) in [4.78, 5) is 2.47. The van der Waals surface area contributed by atoms with Gasteiger partial charge in [0.2, 0.25) is 0 Å². The van der Waals surface area contributed by atoms with Crippen LogP contribution in [0.5, 0.6) is 0 Å². The molecule has 1 aliphatic carbocycles. The van der Waals surface area contributed by atoms with Crippen LogP contribution in [0.2, 0.25) is 0 Å². The third kappa shape index (κ3) is 4.55. The lowest BCUT2D eigenvalue weighted by molar-refractivity contribution is 0.206. The second-order valence-electron chi connectivity index (χ2n) is 6.63. The Hall–Kier alpha value is -0.0800. The van der Waals surface area contributed by atoms with Gasteiger partial charge in [-0.15, -0.1) is 0 Å². The Morgan fingerprint density at radius 3 is 2.56 bits per heavy atom. The summed E-state index contributed by atoms with van der Waals surface area (Å²) in [6, 6.07) is 0.829. The van der Waals surface area contributed by atoms with Crippen LogP contribution >= 0.6 is 0 Å². The number of rotatable bonds is 5. The second kappa shape index (κ2) is 7.49. The van der Waals surface area contributed by atoms with Crippen molar-refractivity contribution >= 4 is 0 Å². The lowest BCUT2D eigenvalue weighted by atomic mass is 9.84. The number of likely N-dealkylation sites (tertiary alicyclic amines) is 1. The molecule has 0 radical (unpaired) electrons. The second-order valence-corrected chi connectivity index (χ2v) is 6.63. The molecule has 1 heterocycles. The average molecular weight is 252 g/mol. The molecule has 18 heavy (non-hydrogen) atoms. The van der Waals surface area contributed by atoms with E-state index in [1.807, 2.05) is 0 Å². The van der Waals surface area contributed by atoms with Crippen molar-refractivity contribution < 1.29 is 0 Å². The molecule has 1 saturated heterocycles. The summed E-state index contributed by atoms with van der Waals surface area (Å²) in [7, 11) is 2.25. The molecule has 1 N–H and O–H groups in total. The van der Waals surface area contributed by atoms with Crippen LogP contribution in [-0.2, 0) is 0 Å². The van der Waals surface area contributed by atoms with Crippen LogP contribution in [0.3, 0.4) is 0 Å². The van der Waals surface area contributed by atoms with E-state index < -0.39 is 0 Å². The zero-order valence-electron chi connectivity index (χ0n) is 12.5. The van der Waals surface area contributed by atoms with Gasteiger partial charge in [-0.3, -0.25) is 0 Å². The quantitative estimate of drug-likeness (QED) is 0.808. The molecule has 1 aliphatic heterocycles. The summed E-state index contributed by atoms with van der Waals surface area (Å²) in [6.45, 7) is 6.24. The zero-order chi connectivity index (χ0) is 12.8. The van der Waals surface area contributed by atoms with Gasteiger partial charge in [-0.2, -0.15) is 0 Å². The average Bonchev–Trinajstić information content (AvgIpc) is 2.41. The molecule has 106 valence electrons. The minimum Gasteiger partial charge on any atom is -0.314 e. The van der Waals surface area contributed by atoms with Crippen molar-refractivity contribution in [2.75, 3.05) is 26.7 Å². The lowest BCUT2D eigenvalue weighted by Gasteiger charge is -2.31. The van der Waals surface area contributed by atoms with Crippen molar-refractivity contribution in [3.63, 3.8) is 0 Å². The number of nitrogens with one attached hydrogen (secondary N) is 1. The Morgan fingerprint density at radius 1 is 1.06 bits per heavy atom. The Labute approximate surface area is 114 Å². The van der Waals surface area contributed by atoms with Gasteiger partial charge < -0.3 is 10.2 Å². The topological polar surface area (TPSA) is 15.3 Å². The largest absolute Gasteiger partial charge is 0.314 e. The fourth-order valence-electron chi connectivity index (χ4n) is 3.69. The first-order chi connectivity index (χ1) is 8.78. The van der Waals surface area contributed by atoms with Crippen molar-refractivity contribution in [1.29, 1.82) is 0 Å². The maximum absolute atomic E-state index is 3.83. The monoisotopic (exact) mass is 252 g/mol. The molecule has 2 heteroatoms. The minimum atomic E-state index is 0.829. The maximum Gasteiger partial charge on any atom is 0.00697 e. The maximum atomic E-state index is 3.83. The van der Waals surface area contributed by atoms with Gasteiger partial charge in [0.1, 0.15) is 0 Å². The fourth-order valence-corrected chi connectivity index (χ4v) is 3.69. The highest BCUT2D eigenvalue weighted by Crippen LogP contribution is 2.26. The van der Waals surface area contributed by atoms with E-state index >= 15 is 0 Å². The summed E-state index contributed by atoms with van der Waals surface area (Å²) in [6.07, 6.45) is 11.4. The molecule has 2 rings (SSSR count). The molecule has 0 bridgehead atoms. The third-order valence-corrected chi connectivity index (χ3v) is 5.18. The summed E-state index contributed by atoms with van der Waals surface area (Å²) in [5.74, 6) is 1.99. The van der Waals surface area contributed by atoms with Crippen LogP contribution in [0.4, 0.5) is 0 Å². The molecule has 0 amide bonds. The first-order valence-electron chi connectivity index (χ1n) is 8.19. The summed E-state index contributed by atoms with van der Waals surface area (Å²) in [5, 5.41) is 3.83. The molecule has 1 saturated carbocycles. The molecule has 0 aromatic rings. The molecule has 2 atom stereocenters. The van der Waals surface area contributed by atoms with Crippen molar-refractivity contribution in [3.8, 4) is 0 Å². The van der Waals surface area contributed by atoms with Gasteiger partial charge in [0.05, 0.1) is 0 Å². The van der Waals surface area contributed by atoms with E-state index in [-0.39, 0.29) is 0 Å². The lowest BCUT2D eigenvalue weighted by Crippen LogP contribution is -2.36. The number of hydrogen-bond donors (Lipinski definition) is 1. The Balaban J connectivity index is 1.57. The van der Waals surface area contributed by atoms with Crippen molar-refractivity contribution in [1.82, 2.24) is 10.2 Å². The minimum absolute atomic E-state index is 0.829. The van der Waals surface area contributed by atoms with Gasteiger partial charge >= 0.3 is 0 Å². The highest BCUT2D eigenvalue weighted by Gasteiger charge is 2.21. The molecule has 0 aromatic heterocycles. The molecular formula is C16H32N2. The van der Waals surface area contributed by atoms with Gasteiger partial charge in [-0.05, 0) is 70.6 Å². The highest BCUT2D eigenvalue weighted by molar-refractivity contribution is 4.78. The van der Waals surface area contributed by atoms with E-state index in [4.69, 9.17) is 0 Å². The predicted octanol–water partition coefficient (Wildman–Crippen LogP) is 3.28. The van der Waals surface area contributed by atoms with E-state index in [2.05, 4.69) is 24.2 Å². The Kier molecular flexibility index (Phi) is 5.97. The van der Waals surface area contributed by atoms with E-state index in [1.165, 1.54) is 71.0 Å². The van der Waals surface area contributed by atoms with Crippen LogP contribution in [-0.4, -0.2) is 37.6 Å². The number of hydrogen-bond acceptors (Lipinski definition) is 2. The summed E-state index contributed by atoms with van der Waals surface area (Å²) < 4.78 is 0. The molecule has 2 nitrogen and oxygen atoms in total. The molecule has 0 spiro atoms.